The van der Waals surface area contributed by atoms with Crippen LogP contribution >= 0.6 is 24.8 Å². The summed E-state index contributed by atoms with van der Waals surface area (Å²) in [6.45, 7) is 61.4. The highest BCUT2D eigenvalue weighted by Crippen LogP contribution is 2.45. The van der Waals surface area contributed by atoms with Gasteiger partial charge in [-0.05, 0) is 361 Å². The first-order chi connectivity index (χ1) is 67.5. The van der Waals surface area contributed by atoms with Crippen LogP contribution in [0.1, 0.15) is 421 Å². The first-order valence-electron chi connectivity index (χ1n) is 54.3. The van der Waals surface area contributed by atoms with Gasteiger partial charge in [0.25, 0.3) is 0 Å². The van der Waals surface area contributed by atoms with E-state index in [2.05, 4.69) is 260 Å². The van der Waals surface area contributed by atoms with E-state index in [-0.39, 0.29) is 149 Å². The summed E-state index contributed by atoms with van der Waals surface area (Å²) in [5.41, 5.74) is 11.2. The SMILES string of the molecule is C.C.C.C.CC(C)N(CC[C@@H](c1ccccc1)c1cc(C(=O)C[C@@H](C)c2ccccc2)ccc1O)C(C)C.CC(C)[C@@H]1CC[C@@H](C)C[C@H]1OC(=O)c1ccc(O)c([C@H](CCN(C(C)C)C(C)C)c2ccccc2)c1.CC(C)[C@H]1CC[C@H](C)C[C@@H]1OC(=O)c1ccc(O)c([C@@H](CCN(C(C)C)C(C)C)c2ccccc2)c1.CC(C)[C@H]1CC[C@H](C)C[C@@H]1OC(=O)c1ccc(O)c([C@H](CCN(C(C)C)C(C)C)c2ccccc2)c1.Cl.Cl. The summed E-state index contributed by atoms with van der Waals surface area (Å²) in [6, 6.07) is 76.0. The zero-order chi connectivity index (χ0) is 104. The number of benzene rings is 9. The third-order valence-corrected chi connectivity index (χ3v) is 31.0. The fourth-order valence-electron chi connectivity index (χ4n) is 22.9. The zero-order valence-corrected chi connectivity index (χ0v) is 93.9. The summed E-state index contributed by atoms with van der Waals surface area (Å²) in [5.74, 6) is 4.68. The van der Waals surface area contributed by atoms with Crippen LogP contribution in [0.15, 0.2) is 224 Å². The van der Waals surface area contributed by atoms with E-state index < -0.39 is 0 Å². The molecule has 822 valence electrons. The van der Waals surface area contributed by atoms with Crippen LogP contribution in [0.5, 0.6) is 23.0 Å². The molecule has 0 aliphatic heterocycles. The van der Waals surface area contributed by atoms with Gasteiger partial charge in [0.1, 0.15) is 41.3 Å². The van der Waals surface area contributed by atoms with Crippen molar-refractivity contribution in [2.24, 2.45) is 53.3 Å². The third kappa shape index (κ3) is 39.1. The van der Waals surface area contributed by atoms with E-state index >= 15 is 0 Å². The van der Waals surface area contributed by atoms with Crippen LogP contribution in [0.2, 0.25) is 0 Å². The van der Waals surface area contributed by atoms with Gasteiger partial charge in [0, 0.05) is 106 Å². The zero-order valence-electron chi connectivity index (χ0n) is 92.3. The molecule has 9 aromatic carbocycles. The summed E-state index contributed by atoms with van der Waals surface area (Å²) in [6.07, 6.45) is 13.4. The Labute approximate surface area is 911 Å². The van der Waals surface area contributed by atoms with Crippen molar-refractivity contribution in [2.75, 3.05) is 26.2 Å². The number of nitrogens with zero attached hydrogens (tertiary/aromatic N) is 4. The molecule has 3 saturated carbocycles. The lowest BCUT2D eigenvalue weighted by atomic mass is 9.75. The topological polar surface area (TPSA) is 190 Å². The van der Waals surface area contributed by atoms with Crippen molar-refractivity contribution in [1.82, 2.24) is 19.6 Å². The van der Waals surface area contributed by atoms with Gasteiger partial charge >= 0.3 is 17.9 Å². The lowest BCUT2D eigenvalue weighted by molar-refractivity contribution is -0.0181. The molecule has 0 unspecified atom stereocenters. The average molecular weight is 2080 g/mol. The molecule has 0 radical (unpaired) electrons. The summed E-state index contributed by atoms with van der Waals surface area (Å²) < 4.78 is 18.4. The maximum absolute atomic E-state index is 13.3. The summed E-state index contributed by atoms with van der Waals surface area (Å²) in [5, 5.41) is 43.7. The van der Waals surface area contributed by atoms with Crippen LogP contribution in [0.25, 0.3) is 0 Å². The number of phenols is 4. The van der Waals surface area contributed by atoms with E-state index in [1.165, 1.54) is 24.8 Å². The van der Waals surface area contributed by atoms with Crippen LogP contribution in [-0.2, 0) is 14.2 Å². The van der Waals surface area contributed by atoms with Crippen LogP contribution in [0, 0.1) is 53.3 Å². The lowest BCUT2D eigenvalue weighted by Crippen LogP contribution is -2.38. The van der Waals surface area contributed by atoms with Gasteiger partial charge < -0.3 is 34.6 Å². The van der Waals surface area contributed by atoms with Gasteiger partial charge in [-0.3, -0.25) is 24.4 Å². The molecule has 148 heavy (non-hydrogen) atoms. The fourth-order valence-corrected chi connectivity index (χ4v) is 22.9. The minimum Gasteiger partial charge on any atom is -0.508 e. The van der Waals surface area contributed by atoms with E-state index in [0.29, 0.717) is 130 Å². The van der Waals surface area contributed by atoms with Crippen molar-refractivity contribution in [3.63, 3.8) is 0 Å². The molecule has 14 atom stereocenters. The van der Waals surface area contributed by atoms with Crippen LogP contribution in [-0.4, -0.2) is 157 Å². The Morgan fingerprint density at radius 1 is 0.277 bits per heavy atom. The number of ketones is 1. The van der Waals surface area contributed by atoms with Crippen molar-refractivity contribution in [3.05, 3.63) is 297 Å². The van der Waals surface area contributed by atoms with Gasteiger partial charge in [-0.25, -0.2) is 14.4 Å². The first-order valence-corrected chi connectivity index (χ1v) is 54.3. The molecule has 12 rings (SSSR count). The molecule has 0 spiro atoms. The molecule has 15 nitrogen and oxygen atoms in total. The number of phenolic OH excluding ortho intramolecular Hbond substituents is 4. The van der Waals surface area contributed by atoms with Gasteiger partial charge in [0.05, 0.1) is 16.7 Å². The molecule has 0 heterocycles. The molecule has 0 amide bonds. The number of esters is 3. The van der Waals surface area contributed by atoms with E-state index in [9.17, 15) is 39.6 Å². The Bertz CT molecular complexity index is 4850. The second-order valence-electron chi connectivity index (χ2n) is 45.1. The van der Waals surface area contributed by atoms with Crippen LogP contribution in [0.3, 0.4) is 0 Å². The Morgan fingerprint density at radius 3 is 0.676 bits per heavy atom. The third-order valence-electron chi connectivity index (χ3n) is 31.0. The minimum absolute atomic E-state index is 0. The normalized spacial score (nSPS) is 18.7. The van der Waals surface area contributed by atoms with Crippen LogP contribution < -0.4 is 0 Å². The summed E-state index contributed by atoms with van der Waals surface area (Å²) in [4.78, 5) is 63.1. The molecule has 17 heteroatoms. The molecule has 3 fully saturated rings. The monoisotopic (exact) mass is 2070 g/mol. The molecular formula is C131H198Cl2N4O11. The number of rotatable bonds is 41. The number of Topliss-reactive ketones (excluding diaryl/α,β-unsaturated/α-hetero) is 1. The van der Waals surface area contributed by atoms with Gasteiger partial charge in [-0.15, -0.1) is 24.8 Å². The molecule has 0 aromatic heterocycles. The molecule has 9 aromatic rings. The Morgan fingerprint density at radius 2 is 0.473 bits per heavy atom. The van der Waals surface area contributed by atoms with Gasteiger partial charge in [-0.1, -0.05) is 270 Å². The van der Waals surface area contributed by atoms with E-state index in [1.54, 1.807) is 48.5 Å². The average Bonchev–Trinajstić information content (AvgIpc) is 0.812. The van der Waals surface area contributed by atoms with E-state index in [4.69, 9.17) is 14.2 Å². The molecule has 4 N–H and O–H groups in total. The van der Waals surface area contributed by atoms with Crippen molar-refractivity contribution >= 4 is 48.5 Å². The molecule has 0 bridgehead atoms. The summed E-state index contributed by atoms with van der Waals surface area (Å²) >= 11 is 0. The maximum Gasteiger partial charge on any atom is 0.338 e. The number of hydrogen-bond acceptors (Lipinski definition) is 15. The predicted octanol–water partition coefficient (Wildman–Crippen LogP) is 33.7. The number of ether oxygens (including phenoxy) is 3. The quantitative estimate of drug-likeness (QED) is 0.0161. The van der Waals surface area contributed by atoms with Gasteiger partial charge in [0.15, 0.2) is 5.78 Å². The highest BCUT2D eigenvalue weighted by atomic mass is 35.5. The predicted molar refractivity (Wildman–Crippen MR) is 629 cm³/mol. The number of hydrogen-bond donors (Lipinski definition) is 4. The number of aromatic hydroxyl groups is 4. The van der Waals surface area contributed by atoms with Crippen molar-refractivity contribution in [1.29, 1.82) is 0 Å². The van der Waals surface area contributed by atoms with Gasteiger partial charge in [0.2, 0.25) is 0 Å². The largest absolute Gasteiger partial charge is 0.508 e. The number of carbonyl (C=O) groups is 4. The standard InChI is InChI=1S/3C32H47NO3.C31H39NO2.4CH4.2ClH/c3*1-21(2)27-15-13-24(7)19-31(27)36-32(35)26-14-16-30(34)29(20-26)28(25-11-9-8-10-12-25)17-18-33(22(3)4)23(5)6;1-22(2)32(23(3)4)19-18-28(26-14-10-7-11-15-26)29-21-27(16-17-30(29)33)31(34)20-24(5)25-12-8-6-9-13-25;;;;;;/h3*8-12,14,16,20-24,27-28,31,34H,13,15,17-19H2,1-7H3;6-17,21-24,28,33H,18-20H2,1-5H3;4*1H4;2*1H/t24-,27+,28+,31-;2*24-,27+,28-,31-;24-,28+;;;;;;/m0101....../s1. The Balaban J connectivity index is 0.000000500. The highest BCUT2D eigenvalue weighted by Gasteiger charge is 2.39. The summed E-state index contributed by atoms with van der Waals surface area (Å²) in [7, 11) is 0. The van der Waals surface area contributed by atoms with Crippen LogP contribution in [0.4, 0.5) is 0 Å². The van der Waals surface area contributed by atoms with Crippen molar-refractivity contribution < 1.29 is 53.8 Å². The Kier molecular flexibility index (Phi) is 58.5. The highest BCUT2D eigenvalue weighted by molar-refractivity contribution is 5.97. The molecular weight excluding hydrogens is 1880 g/mol. The van der Waals surface area contributed by atoms with E-state index in [1.807, 2.05) is 115 Å². The fraction of sp³-hybridized carbons (Fsp3) is 0.557. The second-order valence-corrected chi connectivity index (χ2v) is 45.1. The maximum atomic E-state index is 13.3. The lowest BCUT2D eigenvalue weighted by Gasteiger charge is -2.36. The van der Waals surface area contributed by atoms with Crippen molar-refractivity contribution in [2.45, 2.75) is 396 Å². The van der Waals surface area contributed by atoms with E-state index in [0.717, 1.165) is 135 Å². The Hall–Kier alpha value is -9.32. The van der Waals surface area contributed by atoms with Crippen molar-refractivity contribution in [3.8, 4) is 23.0 Å². The van der Waals surface area contributed by atoms with Gasteiger partial charge in [-0.2, -0.15) is 0 Å². The molecule has 0 saturated heterocycles. The second kappa shape index (κ2) is 65.2. The minimum atomic E-state index is -0.279. The number of carbonyl (C=O) groups excluding carboxylic acids is 4. The number of halogens is 2. The smallest absolute Gasteiger partial charge is 0.338 e. The molecule has 3 aliphatic rings. The first kappa shape index (κ1) is 133. The molecule has 3 aliphatic carbocycles.